The van der Waals surface area contributed by atoms with Gasteiger partial charge in [-0.05, 0) is 6.07 Å². The molecule has 0 radical (unpaired) electrons. The fourth-order valence-corrected chi connectivity index (χ4v) is 3.01. The molecular formula is C13H11NO4S. The maximum Gasteiger partial charge on any atom is 0.372 e. The third-order valence-corrected chi connectivity index (χ3v) is 3.98. The van der Waals surface area contributed by atoms with Crippen LogP contribution in [0, 0.1) is 0 Å². The molecule has 1 aliphatic heterocycles. The van der Waals surface area contributed by atoms with E-state index in [9.17, 15) is 14.7 Å². The smallest absolute Gasteiger partial charge is 0.372 e. The number of carbonyl (C=O) groups excluding carboxylic acids is 1. The lowest BCUT2D eigenvalue weighted by molar-refractivity contribution is 0.0662. The lowest BCUT2D eigenvalue weighted by atomic mass is 10.1. The van der Waals surface area contributed by atoms with Gasteiger partial charge in [0.25, 0.3) is 5.24 Å². The molecule has 2 heterocycles. The first-order chi connectivity index (χ1) is 9.16. The quantitative estimate of drug-likeness (QED) is 0.934. The van der Waals surface area contributed by atoms with Crippen molar-refractivity contribution in [2.75, 3.05) is 12.3 Å². The molecule has 0 aliphatic carbocycles. The number of fused-ring (bicyclic) bond motifs is 1. The molecule has 0 saturated carbocycles. The van der Waals surface area contributed by atoms with Crippen molar-refractivity contribution in [1.82, 2.24) is 4.90 Å². The van der Waals surface area contributed by atoms with Crippen LogP contribution in [0.4, 0.5) is 4.79 Å². The summed E-state index contributed by atoms with van der Waals surface area (Å²) in [5.74, 6) is -0.437. The number of aromatic carboxylic acids is 1. The Morgan fingerprint density at radius 1 is 1.42 bits per heavy atom. The van der Waals surface area contributed by atoms with Crippen LogP contribution in [-0.4, -0.2) is 33.5 Å². The number of hydrogen-bond donors (Lipinski definition) is 1. The van der Waals surface area contributed by atoms with Crippen molar-refractivity contribution in [3.8, 4) is 0 Å². The van der Waals surface area contributed by atoms with Gasteiger partial charge in [-0.25, -0.2) is 4.79 Å². The third-order valence-electron chi connectivity index (χ3n) is 3.09. The first kappa shape index (κ1) is 12.1. The van der Waals surface area contributed by atoms with E-state index >= 15 is 0 Å². The number of carboxylic acids is 1. The molecule has 1 aliphatic rings. The third kappa shape index (κ3) is 2.08. The van der Waals surface area contributed by atoms with Crippen molar-refractivity contribution >= 4 is 33.9 Å². The number of rotatable bonds is 3. The molecule has 0 bridgehead atoms. The van der Waals surface area contributed by atoms with Gasteiger partial charge in [0.05, 0.1) is 6.54 Å². The highest BCUT2D eigenvalue weighted by molar-refractivity contribution is 8.13. The predicted octanol–water partition coefficient (Wildman–Crippen LogP) is 2.80. The SMILES string of the molecule is O=C(O)c1oc2ccccc2c1CN1CCSC1=O. The molecule has 1 amide bonds. The Labute approximate surface area is 113 Å². The van der Waals surface area contributed by atoms with Crippen LogP contribution in [0.1, 0.15) is 16.1 Å². The zero-order valence-corrected chi connectivity index (χ0v) is 10.8. The second kappa shape index (κ2) is 4.62. The van der Waals surface area contributed by atoms with Crippen LogP contribution in [0.15, 0.2) is 28.7 Å². The number of hydrogen-bond acceptors (Lipinski definition) is 4. The molecule has 19 heavy (non-hydrogen) atoms. The second-order valence-electron chi connectivity index (χ2n) is 4.25. The average Bonchev–Trinajstić information content (AvgIpc) is 2.95. The summed E-state index contributed by atoms with van der Waals surface area (Å²) in [4.78, 5) is 24.5. The lowest BCUT2D eigenvalue weighted by Crippen LogP contribution is -2.23. The minimum atomic E-state index is -1.11. The van der Waals surface area contributed by atoms with Gasteiger partial charge in [0.2, 0.25) is 5.76 Å². The number of furan rings is 1. The molecule has 0 atom stereocenters. The Balaban J connectivity index is 2.07. The van der Waals surface area contributed by atoms with Gasteiger partial charge in [0, 0.05) is 23.2 Å². The van der Waals surface area contributed by atoms with Gasteiger partial charge >= 0.3 is 5.97 Å². The first-order valence-electron chi connectivity index (χ1n) is 5.82. The Kier molecular flexibility index (Phi) is 2.94. The van der Waals surface area contributed by atoms with E-state index in [4.69, 9.17) is 4.42 Å². The van der Waals surface area contributed by atoms with E-state index in [-0.39, 0.29) is 17.5 Å². The number of carboxylic acid groups (broad SMARTS) is 1. The predicted molar refractivity (Wildman–Crippen MR) is 71.4 cm³/mol. The van der Waals surface area contributed by atoms with Gasteiger partial charge in [-0.2, -0.15) is 0 Å². The van der Waals surface area contributed by atoms with Crippen LogP contribution in [0.25, 0.3) is 11.0 Å². The van der Waals surface area contributed by atoms with Crippen molar-refractivity contribution in [1.29, 1.82) is 0 Å². The number of para-hydroxylation sites is 1. The van der Waals surface area contributed by atoms with E-state index < -0.39 is 5.97 Å². The molecule has 98 valence electrons. The Morgan fingerprint density at radius 2 is 2.21 bits per heavy atom. The summed E-state index contributed by atoms with van der Waals surface area (Å²) in [6.45, 7) is 0.923. The highest BCUT2D eigenvalue weighted by Crippen LogP contribution is 2.29. The highest BCUT2D eigenvalue weighted by Gasteiger charge is 2.26. The second-order valence-corrected chi connectivity index (χ2v) is 5.29. The largest absolute Gasteiger partial charge is 0.475 e. The summed E-state index contributed by atoms with van der Waals surface area (Å²) >= 11 is 1.26. The summed E-state index contributed by atoms with van der Waals surface area (Å²) in [5, 5.41) is 9.95. The maximum absolute atomic E-state index is 11.6. The summed E-state index contributed by atoms with van der Waals surface area (Å²) in [6, 6.07) is 7.16. The molecule has 6 heteroatoms. The van der Waals surface area contributed by atoms with Crippen LogP contribution in [0.5, 0.6) is 0 Å². The molecule has 1 saturated heterocycles. The van der Waals surface area contributed by atoms with Crippen molar-refractivity contribution in [2.45, 2.75) is 6.54 Å². The monoisotopic (exact) mass is 277 g/mol. The summed E-state index contributed by atoms with van der Waals surface area (Å²) in [5.41, 5.74) is 1.10. The zero-order valence-electron chi connectivity index (χ0n) is 9.96. The van der Waals surface area contributed by atoms with Crippen molar-refractivity contribution in [3.05, 3.63) is 35.6 Å². The zero-order chi connectivity index (χ0) is 13.4. The molecule has 1 N–H and O–H groups in total. The van der Waals surface area contributed by atoms with Crippen molar-refractivity contribution < 1.29 is 19.1 Å². The molecule has 1 aromatic carbocycles. The lowest BCUT2D eigenvalue weighted by Gasteiger charge is -2.13. The van der Waals surface area contributed by atoms with E-state index in [0.29, 0.717) is 17.7 Å². The number of carbonyl (C=O) groups is 2. The van der Waals surface area contributed by atoms with Crippen LogP contribution in [-0.2, 0) is 6.54 Å². The van der Waals surface area contributed by atoms with Gasteiger partial charge in [0.15, 0.2) is 0 Å². The Morgan fingerprint density at radius 3 is 2.89 bits per heavy atom. The fraction of sp³-hybridized carbons (Fsp3) is 0.231. The Hall–Kier alpha value is -1.95. The topological polar surface area (TPSA) is 70.8 Å². The molecule has 0 spiro atoms. The van der Waals surface area contributed by atoms with E-state index in [1.807, 2.05) is 12.1 Å². The maximum atomic E-state index is 11.6. The minimum Gasteiger partial charge on any atom is -0.475 e. The van der Waals surface area contributed by atoms with Crippen molar-refractivity contribution in [3.63, 3.8) is 0 Å². The van der Waals surface area contributed by atoms with Gasteiger partial charge < -0.3 is 14.4 Å². The number of benzene rings is 1. The summed E-state index contributed by atoms with van der Waals surface area (Å²) in [7, 11) is 0. The van der Waals surface area contributed by atoms with Crippen LogP contribution in [0.3, 0.4) is 0 Å². The molecule has 0 unspecified atom stereocenters. The highest BCUT2D eigenvalue weighted by atomic mass is 32.2. The fourth-order valence-electron chi connectivity index (χ4n) is 2.19. The first-order valence-corrected chi connectivity index (χ1v) is 6.81. The number of thioether (sulfide) groups is 1. The molecular weight excluding hydrogens is 266 g/mol. The van der Waals surface area contributed by atoms with Crippen LogP contribution >= 0.6 is 11.8 Å². The van der Waals surface area contributed by atoms with E-state index in [2.05, 4.69) is 0 Å². The standard InChI is InChI=1S/C13H11NO4S/c15-12(16)11-9(7-14-5-6-19-13(14)17)8-3-1-2-4-10(8)18-11/h1-4H,5-7H2,(H,15,16). The van der Waals surface area contributed by atoms with Crippen LogP contribution in [0.2, 0.25) is 0 Å². The molecule has 1 aromatic heterocycles. The number of nitrogens with zero attached hydrogens (tertiary/aromatic N) is 1. The average molecular weight is 277 g/mol. The van der Waals surface area contributed by atoms with E-state index in [1.54, 1.807) is 17.0 Å². The minimum absolute atomic E-state index is 0.0124. The van der Waals surface area contributed by atoms with E-state index in [0.717, 1.165) is 11.1 Å². The van der Waals surface area contributed by atoms with Gasteiger partial charge in [-0.3, -0.25) is 4.79 Å². The molecule has 3 rings (SSSR count). The molecule has 1 fully saturated rings. The van der Waals surface area contributed by atoms with E-state index in [1.165, 1.54) is 11.8 Å². The number of amides is 1. The van der Waals surface area contributed by atoms with Crippen LogP contribution < -0.4 is 0 Å². The van der Waals surface area contributed by atoms with Gasteiger partial charge in [-0.1, -0.05) is 30.0 Å². The van der Waals surface area contributed by atoms with Crippen molar-refractivity contribution in [2.24, 2.45) is 0 Å². The molecule has 2 aromatic rings. The summed E-state index contributed by atoms with van der Waals surface area (Å²) < 4.78 is 5.36. The summed E-state index contributed by atoms with van der Waals surface area (Å²) in [6.07, 6.45) is 0. The van der Waals surface area contributed by atoms with Gasteiger partial charge in [0.1, 0.15) is 5.58 Å². The normalized spacial score (nSPS) is 15.4. The van der Waals surface area contributed by atoms with Gasteiger partial charge in [-0.15, -0.1) is 0 Å². The molecule has 5 nitrogen and oxygen atoms in total. The Bertz CT molecular complexity index is 664.